The van der Waals surface area contributed by atoms with Gasteiger partial charge in [-0.15, -0.1) is 37.2 Å². The number of rotatable bonds is 4. The number of hydrogen-bond donors (Lipinski definition) is 4. The van der Waals surface area contributed by atoms with Crippen LogP contribution in [-0.4, -0.2) is 21.6 Å². The SMILES string of the molecule is Cl.Cl.Cl.N=C(N)c1ccc(-c2ccnc(-c3ccc(C(=N)N)cc3)n2)cc1. The molecular formula is C18H19Cl3N6. The van der Waals surface area contributed by atoms with Crippen LogP contribution in [0.15, 0.2) is 60.8 Å². The van der Waals surface area contributed by atoms with Crippen molar-refractivity contribution in [3.8, 4) is 22.6 Å². The predicted molar refractivity (Wildman–Crippen MR) is 117 cm³/mol. The molecule has 0 saturated heterocycles. The smallest absolute Gasteiger partial charge is 0.159 e. The maximum atomic E-state index is 7.43. The molecule has 0 fully saturated rings. The van der Waals surface area contributed by atoms with Gasteiger partial charge in [0.1, 0.15) is 11.7 Å². The van der Waals surface area contributed by atoms with Crippen LogP contribution < -0.4 is 11.5 Å². The van der Waals surface area contributed by atoms with Crippen molar-refractivity contribution >= 4 is 48.9 Å². The maximum Gasteiger partial charge on any atom is 0.159 e. The number of halogens is 3. The second kappa shape index (κ2) is 10.5. The molecule has 1 heterocycles. The van der Waals surface area contributed by atoms with Crippen LogP contribution in [0.5, 0.6) is 0 Å². The van der Waals surface area contributed by atoms with Gasteiger partial charge in [-0.05, 0) is 6.07 Å². The van der Waals surface area contributed by atoms with Gasteiger partial charge in [0.2, 0.25) is 0 Å². The Kier molecular flexibility index (Phi) is 9.44. The summed E-state index contributed by atoms with van der Waals surface area (Å²) in [5.41, 5.74) is 14.8. The molecule has 9 heteroatoms. The molecule has 142 valence electrons. The number of amidine groups is 2. The minimum atomic E-state index is 0. The van der Waals surface area contributed by atoms with E-state index in [1.54, 1.807) is 30.5 Å². The maximum absolute atomic E-state index is 7.43. The zero-order valence-corrected chi connectivity index (χ0v) is 16.5. The summed E-state index contributed by atoms with van der Waals surface area (Å²) in [6.45, 7) is 0. The van der Waals surface area contributed by atoms with E-state index in [0.717, 1.165) is 16.8 Å². The molecule has 0 atom stereocenters. The molecule has 0 bridgehead atoms. The van der Waals surface area contributed by atoms with Crippen LogP contribution in [0.25, 0.3) is 22.6 Å². The summed E-state index contributed by atoms with van der Waals surface area (Å²) in [6, 6.07) is 16.4. The van der Waals surface area contributed by atoms with Crippen molar-refractivity contribution in [2.75, 3.05) is 0 Å². The van der Waals surface area contributed by atoms with Crippen molar-refractivity contribution in [2.24, 2.45) is 11.5 Å². The van der Waals surface area contributed by atoms with E-state index >= 15 is 0 Å². The molecule has 0 aliphatic heterocycles. The number of nitrogen functional groups attached to an aromatic ring is 2. The van der Waals surface area contributed by atoms with E-state index in [2.05, 4.69) is 9.97 Å². The lowest BCUT2D eigenvalue weighted by molar-refractivity contribution is 1.18. The van der Waals surface area contributed by atoms with Gasteiger partial charge in [-0.2, -0.15) is 0 Å². The molecule has 0 spiro atoms. The minimum absolute atomic E-state index is 0. The molecule has 6 nitrogen and oxygen atoms in total. The van der Waals surface area contributed by atoms with E-state index in [0.29, 0.717) is 17.0 Å². The second-order valence-corrected chi connectivity index (χ2v) is 5.25. The summed E-state index contributed by atoms with van der Waals surface area (Å²) in [5.74, 6) is 0.663. The highest BCUT2D eigenvalue weighted by Gasteiger charge is 2.06. The monoisotopic (exact) mass is 424 g/mol. The van der Waals surface area contributed by atoms with Crippen molar-refractivity contribution in [3.05, 3.63) is 71.9 Å². The molecule has 0 aliphatic carbocycles. The fourth-order valence-corrected chi connectivity index (χ4v) is 2.28. The number of hydrogen-bond acceptors (Lipinski definition) is 4. The van der Waals surface area contributed by atoms with E-state index in [4.69, 9.17) is 22.3 Å². The fraction of sp³-hybridized carbons (Fsp3) is 0. The van der Waals surface area contributed by atoms with Gasteiger partial charge in [0.15, 0.2) is 5.82 Å². The summed E-state index contributed by atoms with van der Waals surface area (Å²) < 4.78 is 0. The molecule has 0 aliphatic rings. The average Bonchev–Trinajstić information content (AvgIpc) is 2.62. The largest absolute Gasteiger partial charge is 0.384 e. The number of nitrogens with zero attached hydrogens (tertiary/aromatic N) is 2. The molecule has 27 heavy (non-hydrogen) atoms. The van der Waals surface area contributed by atoms with Crippen LogP contribution in [0.2, 0.25) is 0 Å². The average molecular weight is 426 g/mol. The van der Waals surface area contributed by atoms with Crippen LogP contribution in [0, 0.1) is 10.8 Å². The third-order valence-electron chi connectivity index (χ3n) is 3.60. The third kappa shape index (κ3) is 5.65. The van der Waals surface area contributed by atoms with Crippen molar-refractivity contribution in [1.82, 2.24) is 9.97 Å². The van der Waals surface area contributed by atoms with Crippen LogP contribution in [-0.2, 0) is 0 Å². The zero-order chi connectivity index (χ0) is 17.1. The third-order valence-corrected chi connectivity index (χ3v) is 3.60. The Morgan fingerprint density at radius 2 is 1.11 bits per heavy atom. The van der Waals surface area contributed by atoms with Gasteiger partial charge in [0.05, 0.1) is 5.69 Å². The molecule has 3 aromatic rings. The van der Waals surface area contributed by atoms with E-state index in [9.17, 15) is 0 Å². The first-order valence-corrected chi connectivity index (χ1v) is 7.27. The molecule has 0 amide bonds. The zero-order valence-electron chi connectivity index (χ0n) is 14.0. The Balaban J connectivity index is 0.00000225. The quantitative estimate of drug-likeness (QED) is 0.376. The van der Waals surface area contributed by atoms with Crippen LogP contribution in [0.3, 0.4) is 0 Å². The normalized spacial score (nSPS) is 9.19. The summed E-state index contributed by atoms with van der Waals surface area (Å²) in [6.07, 6.45) is 1.70. The highest BCUT2D eigenvalue weighted by Crippen LogP contribution is 2.21. The van der Waals surface area contributed by atoms with Crippen LogP contribution >= 0.6 is 37.2 Å². The Hall–Kier alpha value is -2.67. The Bertz CT molecular complexity index is 838. The molecule has 0 saturated carbocycles. The summed E-state index contributed by atoms with van der Waals surface area (Å²) in [4.78, 5) is 8.89. The standard InChI is InChI=1S/C18H16N6.3ClH/c19-16(20)12-3-1-11(2-4-12)15-9-10-23-18(24-15)14-7-5-13(6-8-14)17(21)22;;;/h1-10H,(H3,19,20)(H3,21,22);3*1H. The van der Waals surface area contributed by atoms with Crippen LogP contribution in [0.1, 0.15) is 11.1 Å². The van der Waals surface area contributed by atoms with Crippen molar-refractivity contribution in [3.63, 3.8) is 0 Å². The summed E-state index contributed by atoms with van der Waals surface area (Å²) in [7, 11) is 0. The molecule has 0 unspecified atom stereocenters. The van der Waals surface area contributed by atoms with Gasteiger partial charge < -0.3 is 11.5 Å². The first kappa shape index (κ1) is 24.3. The minimum Gasteiger partial charge on any atom is -0.384 e. The molecule has 3 rings (SSSR count). The number of aromatic nitrogens is 2. The van der Waals surface area contributed by atoms with Gasteiger partial charge in [0.25, 0.3) is 0 Å². The second-order valence-electron chi connectivity index (χ2n) is 5.25. The lowest BCUT2D eigenvalue weighted by atomic mass is 10.1. The van der Waals surface area contributed by atoms with E-state index < -0.39 is 0 Å². The van der Waals surface area contributed by atoms with Gasteiger partial charge in [-0.25, -0.2) is 9.97 Å². The number of nitrogens with two attached hydrogens (primary N) is 2. The molecule has 1 aromatic heterocycles. The first-order chi connectivity index (χ1) is 11.5. The van der Waals surface area contributed by atoms with E-state index in [1.807, 2.05) is 30.3 Å². The van der Waals surface area contributed by atoms with E-state index in [1.165, 1.54) is 0 Å². The molecule has 6 N–H and O–H groups in total. The van der Waals surface area contributed by atoms with Crippen molar-refractivity contribution in [2.45, 2.75) is 0 Å². The first-order valence-electron chi connectivity index (χ1n) is 7.27. The van der Waals surface area contributed by atoms with Crippen LogP contribution in [0.4, 0.5) is 0 Å². The fourth-order valence-electron chi connectivity index (χ4n) is 2.28. The highest BCUT2D eigenvalue weighted by molar-refractivity contribution is 5.95. The molecule has 0 radical (unpaired) electrons. The number of benzene rings is 2. The summed E-state index contributed by atoms with van der Waals surface area (Å²) in [5, 5.41) is 14.9. The molecular weight excluding hydrogens is 407 g/mol. The Morgan fingerprint density at radius 1 is 0.667 bits per heavy atom. The summed E-state index contributed by atoms with van der Waals surface area (Å²) >= 11 is 0. The lowest BCUT2D eigenvalue weighted by Gasteiger charge is -2.06. The Labute approximate surface area is 175 Å². The number of nitrogens with one attached hydrogen (secondary N) is 2. The van der Waals surface area contributed by atoms with E-state index in [-0.39, 0.29) is 48.9 Å². The molecule has 2 aromatic carbocycles. The van der Waals surface area contributed by atoms with Crippen molar-refractivity contribution in [1.29, 1.82) is 10.8 Å². The van der Waals surface area contributed by atoms with Gasteiger partial charge in [-0.1, -0.05) is 48.5 Å². The topological polar surface area (TPSA) is 126 Å². The Morgan fingerprint density at radius 3 is 1.56 bits per heavy atom. The van der Waals surface area contributed by atoms with Gasteiger partial charge >= 0.3 is 0 Å². The predicted octanol–water partition coefficient (Wildman–Crippen LogP) is 3.64. The van der Waals surface area contributed by atoms with Crippen molar-refractivity contribution < 1.29 is 0 Å². The lowest BCUT2D eigenvalue weighted by Crippen LogP contribution is -2.10. The van der Waals surface area contributed by atoms with Gasteiger partial charge in [0, 0.05) is 28.5 Å². The highest BCUT2D eigenvalue weighted by atomic mass is 35.5. The van der Waals surface area contributed by atoms with Gasteiger partial charge in [-0.3, -0.25) is 10.8 Å².